The number of methoxy groups -OCH3 is 1. The van der Waals surface area contributed by atoms with Crippen molar-refractivity contribution in [3.05, 3.63) is 78.5 Å². The lowest BCUT2D eigenvalue weighted by molar-refractivity contribution is 0.0602. The molecule has 0 amide bonds. The van der Waals surface area contributed by atoms with Crippen molar-refractivity contribution >= 4 is 50.5 Å². The van der Waals surface area contributed by atoms with E-state index in [9.17, 15) is 13.2 Å². The van der Waals surface area contributed by atoms with Crippen LogP contribution in [0.3, 0.4) is 0 Å². The third kappa shape index (κ3) is 5.31. The van der Waals surface area contributed by atoms with Crippen molar-refractivity contribution in [3.8, 4) is 0 Å². The van der Waals surface area contributed by atoms with Gasteiger partial charge in [0.25, 0.3) is 10.0 Å². The predicted molar refractivity (Wildman–Crippen MR) is 119 cm³/mol. The van der Waals surface area contributed by atoms with E-state index in [1.54, 1.807) is 54.6 Å². The molecule has 0 atom stereocenters. The maximum Gasteiger partial charge on any atom is 0.339 e. The molecule has 0 fully saturated rings. The molecular weight excluding hydrogens is 424 g/mol. The van der Waals surface area contributed by atoms with E-state index in [1.165, 1.54) is 25.4 Å². The minimum absolute atomic E-state index is 0.0774. The van der Waals surface area contributed by atoms with Gasteiger partial charge in [0.1, 0.15) is 5.82 Å². The van der Waals surface area contributed by atoms with Crippen molar-refractivity contribution in [2.45, 2.75) is 4.90 Å². The van der Waals surface area contributed by atoms with E-state index in [0.717, 1.165) is 0 Å². The number of aromatic nitrogens is 1. The first kappa shape index (κ1) is 21.2. The SMILES string of the molecule is COC(=O)c1ccccc1NC(=S)Nc1ccc(S(=O)(=O)Nc2ccccn2)cc1. The molecule has 0 saturated heterocycles. The van der Waals surface area contributed by atoms with Crippen LogP contribution in [0, 0.1) is 0 Å². The molecule has 1 aromatic heterocycles. The Bertz CT molecular complexity index is 1150. The van der Waals surface area contributed by atoms with E-state index in [2.05, 4.69) is 20.3 Å². The second-order valence-corrected chi connectivity index (χ2v) is 8.05. The van der Waals surface area contributed by atoms with Gasteiger partial charge in [0.05, 0.1) is 23.3 Å². The number of carbonyl (C=O) groups excluding carboxylic acids is 1. The second-order valence-electron chi connectivity index (χ2n) is 5.96. The summed E-state index contributed by atoms with van der Waals surface area (Å²) in [4.78, 5) is 15.9. The van der Waals surface area contributed by atoms with E-state index >= 15 is 0 Å². The third-order valence-electron chi connectivity index (χ3n) is 3.91. The first-order valence-electron chi connectivity index (χ1n) is 8.68. The molecule has 2 aromatic carbocycles. The van der Waals surface area contributed by atoms with E-state index in [4.69, 9.17) is 17.0 Å². The van der Waals surface area contributed by atoms with Crippen molar-refractivity contribution < 1.29 is 17.9 Å². The largest absolute Gasteiger partial charge is 0.465 e. The second kappa shape index (κ2) is 9.33. The van der Waals surface area contributed by atoms with Gasteiger partial charge in [-0.3, -0.25) is 4.72 Å². The zero-order chi connectivity index (χ0) is 21.6. The number of pyridine rings is 1. The van der Waals surface area contributed by atoms with Crippen LogP contribution in [0.5, 0.6) is 0 Å². The van der Waals surface area contributed by atoms with Gasteiger partial charge in [0.15, 0.2) is 5.11 Å². The Kier molecular flexibility index (Phi) is 6.60. The van der Waals surface area contributed by atoms with Crippen molar-refractivity contribution in [1.82, 2.24) is 4.98 Å². The molecule has 0 aliphatic carbocycles. The Balaban J connectivity index is 1.67. The molecule has 0 bridgehead atoms. The number of carbonyl (C=O) groups is 1. The van der Waals surface area contributed by atoms with Crippen molar-refractivity contribution in [2.24, 2.45) is 0 Å². The van der Waals surface area contributed by atoms with E-state index in [1.807, 2.05) is 0 Å². The summed E-state index contributed by atoms with van der Waals surface area (Å²) < 4.78 is 32.1. The van der Waals surface area contributed by atoms with E-state index in [0.29, 0.717) is 16.9 Å². The quantitative estimate of drug-likeness (QED) is 0.393. The summed E-state index contributed by atoms with van der Waals surface area (Å²) in [5, 5.41) is 6.11. The minimum atomic E-state index is -3.77. The number of esters is 1. The van der Waals surface area contributed by atoms with Gasteiger partial charge in [0, 0.05) is 11.9 Å². The van der Waals surface area contributed by atoms with Crippen molar-refractivity contribution in [3.63, 3.8) is 0 Å². The van der Waals surface area contributed by atoms with Gasteiger partial charge in [-0.05, 0) is 60.7 Å². The number of ether oxygens (including phenoxy) is 1. The number of anilines is 3. The first-order valence-corrected chi connectivity index (χ1v) is 10.6. The van der Waals surface area contributed by atoms with Gasteiger partial charge >= 0.3 is 5.97 Å². The molecule has 30 heavy (non-hydrogen) atoms. The van der Waals surface area contributed by atoms with Crippen LogP contribution >= 0.6 is 12.2 Å². The summed E-state index contributed by atoms with van der Waals surface area (Å²) in [6.07, 6.45) is 1.50. The number of hydrogen-bond donors (Lipinski definition) is 3. The summed E-state index contributed by atoms with van der Waals surface area (Å²) in [6, 6.07) is 17.8. The Hall–Kier alpha value is -3.50. The lowest BCUT2D eigenvalue weighted by Gasteiger charge is -2.13. The zero-order valence-corrected chi connectivity index (χ0v) is 17.5. The normalized spacial score (nSPS) is 10.7. The molecule has 10 heteroatoms. The number of hydrogen-bond acceptors (Lipinski definition) is 6. The molecular formula is C20H18N4O4S2. The van der Waals surface area contributed by atoms with Crippen LogP contribution in [-0.4, -0.2) is 31.6 Å². The number of sulfonamides is 1. The molecule has 0 spiro atoms. The topological polar surface area (TPSA) is 109 Å². The number of nitrogens with zero attached hydrogens (tertiary/aromatic N) is 1. The van der Waals surface area contributed by atoms with Crippen LogP contribution < -0.4 is 15.4 Å². The summed E-state index contributed by atoms with van der Waals surface area (Å²) in [5.41, 5.74) is 1.40. The standard InChI is InChI=1S/C20H18N4O4S2/c1-28-19(25)16-6-2-3-7-17(16)23-20(29)22-14-9-11-15(12-10-14)30(26,27)24-18-8-4-5-13-21-18/h2-13H,1H3,(H,21,24)(H2,22,23,29). The third-order valence-corrected chi connectivity index (χ3v) is 5.48. The molecule has 0 radical (unpaired) electrons. The highest BCUT2D eigenvalue weighted by Gasteiger charge is 2.15. The smallest absolute Gasteiger partial charge is 0.339 e. The number of thiocarbonyl (C=S) groups is 1. The Labute approximate surface area is 179 Å². The lowest BCUT2D eigenvalue weighted by Crippen LogP contribution is -2.21. The Morgan fingerprint density at radius 3 is 2.33 bits per heavy atom. The van der Waals surface area contributed by atoms with Crippen LogP contribution in [-0.2, 0) is 14.8 Å². The van der Waals surface area contributed by atoms with Crippen LogP contribution in [0.2, 0.25) is 0 Å². The Morgan fingerprint density at radius 1 is 0.967 bits per heavy atom. The van der Waals surface area contributed by atoms with Gasteiger partial charge in [-0.2, -0.15) is 0 Å². The van der Waals surface area contributed by atoms with Crippen LogP contribution in [0.4, 0.5) is 17.2 Å². The highest BCUT2D eigenvalue weighted by atomic mass is 32.2. The Morgan fingerprint density at radius 2 is 1.67 bits per heavy atom. The van der Waals surface area contributed by atoms with Gasteiger partial charge in [-0.1, -0.05) is 18.2 Å². The molecule has 1 heterocycles. The summed E-state index contributed by atoms with van der Waals surface area (Å²) >= 11 is 5.28. The zero-order valence-electron chi connectivity index (χ0n) is 15.8. The fourth-order valence-corrected chi connectivity index (χ4v) is 3.74. The highest BCUT2D eigenvalue weighted by molar-refractivity contribution is 7.92. The lowest BCUT2D eigenvalue weighted by atomic mass is 10.2. The molecule has 0 saturated carbocycles. The van der Waals surface area contributed by atoms with Crippen molar-refractivity contribution in [2.75, 3.05) is 22.5 Å². The van der Waals surface area contributed by atoms with Gasteiger partial charge < -0.3 is 15.4 Å². The molecule has 3 aromatic rings. The van der Waals surface area contributed by atoms with Gasteiger partial charge in [-0.15, -0.1) is 0 Å². The van der Waals surface area contributed by atoms with Crippen LogP contribution in [0.1, 0.15) is 10.4 Å². The summed E-state index contributed by atoms with van der Waals surface area (Å²) in [6.45, 7) is 0. The maximum atomic E-state index is 12.5. The fourth-order valence-electron chi connectivity index (χ4n) is 2.50. The monoisotopic (exact) mass is 442 g/mol. The number of benzene rings is 2. The van der Waals surface area contributed by atoms with Crippen molar-refractivity contribution in [1.29, 1.82) is 0 Å². The fraction of sp³-hybridized carbons (Fsp3) is 0.0500. The molecule has 3 rings (SSSR count). The molecule has 0 unspecified atom stereocenters. The number of nitrogens with one attached hydrogen (secondary N) is 3. The van der Waals surface area contributed by atoms with E-state index < -0.39 is 16.0 Å². The maximum absolute atomic E-state index is 12.5. The average Bonchev–Trinajstić information content (AvgIpc) is 2.74. The number of para-hydroxylation sites is 1. The number of rotatable bonds is 6. The predicted octanol–water partition coefficient (Wildman–Crippen LogP) is 3.48. The average molecular weight is 443 g/mol. The van der Waals surface area contributed by atoms with Gasteiger partial charge in [0.2, 0.25) is 0 Å². The molecule has 0 aliphatic rings. The highest BCUT2D eigenvalue weighted by Crippen LogP contribution is 2.19. The van der Waals surface area contributed by atoms with Crippen LogP contribution in [0.25, 0.3) is 0 Å². The van der Waals surface area contributed by atoms with Gasteiger partial charge in [-0.25, -0.2) is 18.2 Å². The molecule has 0 aliphatic heterocycles. The first-order chi connectivity index (χ1) is 14.4. The minimum Gasteiger partial charge on any atom is -0.465 e. The van der Waals surface area contributed by atoms with E-state index in [-0.39, 0.29) is 15.8 Å². The molecule has 154 valence electrons. The molecule has 3 N–H and O–H groups in total. The summed E-state index contributed by atoms with van der Waals surface area (Å²) in [5.74, 6) is -0.259. The molecule has 8 nitrogen and oxygen atoms in total. The summed E-state index contributed by atoms with van der Waals surface area (Å²) in [7, 11) is -2.47. The van der Waals surface area contributed by atoms with Crippen LogP contribution in [0.15, 0.2) is 77.8 Å².